The van der Waals surface area contributed by atoms with Crippen molar-refractivity contribution in [2.75, 3.05) is 65.7 Å². The van der Waals surface area contributed by atoms with Crippen molar-refractivity contribution < 1.29 is 19.0 Å². The normalized spacial score (nSPS) is 20.4. The van der Waals surface area contributed by atoms with Gasteiger partial charge in [-0.1, -0.05) is 0 Å². The largest absolute Gasteiger partial charge is 0.450 e. The third kappa shape index (κ3) is 8.82. The van der Waals surface area contributed by atoms with Crippen LogP contribution in [0.15, 0.2) is 4.99 Å². The lowest BCUT2D eigenvalue weighted by Crippen LogP contribution is -2.53. The Hall–Kier alpha value is -0.810. The third-order valence-corrected chi connectivity index (χ3v) is 4.48. The minimum Gasteiger partial charge on any atom is -0.450 e. The van der Waals surface area contributed by atoms with Crippen LogP contribution in [0.4, 0.5) is 4.79 Å². The van der Waals surface area contributed by atoms with Gasteiger partial charge in [-0.2, -0.15) is 0 Å². The number of nitrogens with zero attached hydrogens (tertiary/aromatic N) is 3. The summed E-state index contributed by atoms with van der Waals surface area (Å²) in [6, 6.07) is 0. The average Bonchev–Trinajstić information content (AvgIpc) is 3.17. The lowest BCUT2D eigenvalue weighted by atomic mass is 10.2. The first-order chi connectivity index (χ1) is 12.7. The van der Waals surface area contributed by atoms with Crippen LogP contribution in [-0.4, -0.2) is 93.7 Å². The molecule has 9 heteroatoms. The van der Waals surface area contributed by atoms with E-state index in [1.165, 1.54) is 0 Å². The minimum absolute atomic E-state index is 0. The zero-order valence-corrected chi connectivity index (χ0v) is 19.0. The molecule has 0 aliphatic carbocycles. The molecule has 0 saturated carbocycles. The first-order valence-corrected chi connectivity index (χ1v) is 9.88. The minimum atomic E-state index is -0.225. The van der Waals surface area contributed by atoms with E-state index in [0.29, 0.717) is 32.9 Å². The molecular weight excluding hydrogens is 463 g/mol. The van der Waals surface area contributed by atoms with E-state index in [4.69, 9.17) is 19.2 Å². The molecule has 0 aromatic heterocycles. The van der Waals surface area contributed by atoms with Crippen LogP contribution in [0.2, 0.25) is 0 Å². The second-order valence-corrected chi connectivity index (χ2v) is 6.47. The van der Waals surface area contributed by atoms with Gasteiger partial charge in [-0.3, -0.25) is 4.99 Å². The summed E-state index contributed by atoms with van der Waals surface area (Å²) < 4.78 is 16.3. The van der Waals surface area contributed by atoms with E-state index in [1.54, 1.807) is 4.90 Å². The molecule has 1 amide bonds. The monoisotopic (exact) mass is 498 g/mol. The number of aliphatic imine (C=N–C) groups is 1. The van der Waals surface area contributed by atoms with E-state index < -0.39 is 0 Å². The Labute approximate surface area is 180 Å². The Morgan fingerprint density at radius 2 is 1.96 bits per heavy atom. The first-order valence-electron chi connectivity index (χ1n) is 9.88. The molecule has 2 fully saturated rings. The molecule has 1 N–H and O–H groups in total. The first kappa shape index (κ1) is 24.2. The van der Waals surface area contributed by atoms with Crippen molar-refractivity contribution >= 4 is 36.0 Å². The second kappa shape index (κ2) is 14.2. The van der Waals surface area contributed by atoms with Crippen molar-refractivity contribution in [3.8, 4) is 0 Å². The number of rotatable bonds is 8. The Morgan fingerprint density at radius 3 is 2.59 bits per heavy atom. The van der Waals surface area contributed by atoms with Gasteiger partial charge in [0, 0.05) is 52.5 Å². The SMILES string of the molecule is CCNC(=NCCCOCC1CCCO1)N1CCN(C(=O)OCC)CC1.I. The van der Waals surface area contributed by atoms with E-state index >= 15 is 0 Å². The number of carbonyl (C=O) groups is 1. The number of hydrogen-bond donors (Lipinski definition) is 1. The van der Waals surface area contributed by atoms with Gasteiger partial charge in [0.2, 0.25) is 0 Å². The number of nitrogens with one attached hydrogen (secondary N) is 1. The Morgan fingerprint density at radius 1 is 1.22 bits per heavy atom. The van der Waals surface area contributed by atoms with E-state index in [2.05, 4.69) is 17.1 Å². The van der Waals surface area contributed by atoms with E-state index in [9.17, 15) is 4.79 Å². The number of piperazine rings is 1. The summed E-state index contributed by atoms with van der Waals surface area (Å²) in [5.41, 5.74) is 0. The number of ether oxygens (including phenoxy) is 3. The van der Waals surface area contributed by atoms with Crippen molar-refractivity contribution in [2.24, 2.45) is 4.99 Å². The van der Waals surface area contributed by atoms with Gasteiger partial charge in [-0.05, 0) is 33.1 Å². The fraction of sp³-hybridized carbons (Fsp3) is 0.889. The van der Waals surface area contributed by atoms with Crippen LogP contribution >= 0.6 is 24.0 Å². The molecule has 27 heavy (non-hydrogen) atoms. The van der Waals surface area contributed by atoms with Gasteiger partial charge in [-0.25, -0.2) is 4.79 Å². The van der Waals surface area contributed by atoms with E-state index in [0.717, 1.165) is 58.0 Å². The number of hydrogen-bond acceptors (Lipinski definition) is 5. The van der Waals surface area contributed by atoms with Gasteiger partial charge in [0.25, 0.3) is 0 Å². The van der Waals surface area contributed by atoms with Crippen molar-refractivity contribution in [1.82, 2.24) is 15.1 Å². The molecule has 8 nitrogen and oxygen atoms in total. The highest BCUT2D eigenvalue weighted by Gasteiger charge is 2.23. The molecule has 1 atom stereocenters. The number of carbonyl (C=O) groups excluding carboxylic acids is 1. The zero-order valence-electron chi connectivity index (χ0n) is 16.7. The average molecular weight is 498 g/mol. The van der Waals surface area contributed by atoms with Crippen molar-refractivity contribution in [3.05, 3.63) is 0 Å². The molecule has 2 rings (SSSR count). The maximum Gasteiger partial charge on any atom is 0.409 e. The predicted molar refractivity (Wildman–Crippen MR) is 116 cm³/mol. The van der Waals surface area contributed by atoms with Crippen molar-refractivity contribution in [3.63, 3.8) is 0 Å². The highest BCUT2D eigenvalue weighted by atomic mass is 127. The third-order valence-electron chi connectivity index (χ3n) is 4.48. The molecule has 1 unspecified atom stereocenters. The Balaban J connectivity index is 0.00000364. The molecule has 158 valence electrons. The maximum atomic E-state index is 11.8. The highest BCUT2D eigenvalue weighted by Crippen LogP contribution is 2.12. The van der Waals surface area contributed by atoms with Crippen LogP contribution in [-0.2, 0) is 14.2 Å². The van der Waals surface area contributed by atoms with Gasteiger partial charge in [0.05, 0.1) is 19.3 Å². The smallest absolute Gasteiger partial charge is 0.409 e. The summed E-state index contributed by atoms with van der Waals surface area (Å²) in [7, 11) is 0. The van der Waals surface area contributed by atoms with E-state index in [-0.39, 0.29) is 36.2 Å². The summed E-state index contributed by atoms with van der Waals surface area (Å²) in [5.74, 6) is 0.912. The predicted octanol–water partition coefficient (Wildman–Crippen LogP) is 1.93. The molecule has 0 spiro atoms. The molecule has 2 heterocycles. The Kier molecular flexibility index (Phi) is 12.8. The summed E-state index contributed by atoms with van der Waals surface area (Å²) >= 11 is 0. The fourth-order valence-corrected chi connectivity index (χ4v) is 3.08. The van der Waals surface area contributed by atoms with Crippen LogP contribution in [0.3, 0.4) is 0 Å². The van der Waals surface area contributed by atoms with E-state index in [1.807, 2.05) is 6.92 Å². The van der Waals surface area contributed by atoms with Crippen LogP contribution in [0, 0.1) is 0 Å². The standard InChI is InChI=1S/C18H34N4O4.HI/c1-3-19-17(20-8-6-13-24-15-16-7-5-14-26-16)21-9-11-22(12-10-21)18(23)25-4-2;/h16H,3-15H2,1-2H3,(H,19,20);1H. The molecule has 2 saturated heterocycles. The number of amides is 1. The number of guanidine groups is 1. The van der Waals surface area contributed by atoms with Crippen molar-refractivity contribution in [1.29, 1.82) is 0 Å². The van der Waals surface area contributed by atoms with Crippen molar-refractivity contribution in [2.45, 2.75) is 39.2 Å². The maximum absolute atomic E-state index is 11.8. The topological polar surface area (TPSA) is 75.6 Å². The van der Waals surface area contributed by atoms with Gasteiger partial charge < -0.3 is 29.3 Å². The lowest BCUT2D eigenvalue weighted by molar-refractivity contribution is 0.0170. The molecule has 2 aliphatic heterocycles. The van der Waals surface area contributed by atoms with Crippen LogP contribution in [0.1, 0.15) is 33.1 Å². The summed E-state index contributed by atoms with van der Waals surface area (Å²) in [4.78, 5) is 20.4. The lowest BCUT2D eigenvalue weighted by Gasteiger charge is -2.35. The fourth-order valence-electron chi connectivity index (χ4n) is 3.08. The van der Waals surface area contributed by atoms with Gasteiger partial charge >= 0.3 is 6.09 Å². The molecule has 0 bridgehead atoms. The Bertz CT molecular complexity index is 439. The summed E-state index contributed by atoms with van der Waals surface area (Å²) in [6.07, 6.45) is 3.21. The van der Waals surface area contributed by atoms with Gasteiger partial charge in [-0.15, -0.1) is 24.0 Å². The van der Waals surface area contributed by atoms with Crippen LogP contribution in [0.25, 0.3) is 0 Å². The summed E-state index contributed by atoms with van der Waals surface area (Å²) in [6.45, 7) is 11.0. The molecular formula is C18H35IN4O4. The highest BCUT2D eigenvalue weighted by molar-refractivity contribution is 14.0. The molecule has 0 radical (unpaired) electrons. The van der Waals surface area contributed by atoms with Gasteiger partial charge in [0.15, 0.2) is 5.96 Å². The quantitative estimate of drug-likeness (QED) is 0.239. The zero-order chi connectivity index (χ0) is 18.6. The molecule has 0 aromatic rings. The van der Waals surface area contributed by atoms with Crippen LogP contribution in [0.5, 0.6) is 0 Å². The summed E-state index contributed by atoms with van der Waals surface area (Å²) in [5, 5.41) is 3.34. The molecule has 0 aromatic carbocycles. The van der Waals surface area contributed by atoms with Crippen LogP contribution < -0.4 is 5.32 Å². The number of halogens is 1. The molecule has 2 aliphatic rings. The second-order valence-electron chi connectivity index (χ2n) is 6.47. The van der Waals surface area contributed by atoms with Gasteiger partial charge in [0.1, 0.15) is 0 Å².